The topological polar surface area (TPSA) is 105 Å². The molecule has 0 saturated carbocycles. The first-order chi connectivity index (χ1) is 12.3. The van der Waals surface area contributed by atoms with E-state index in [4.69, 9.17) is 0 Å². The number of rotatable bonds is 2. The zero-order chi connectivity index (χ0) is 16.8. The van der Waals surface area contributed by atoms with E-state index in [1.165, 1.54) is 10.6 Å². The third-order valence-corrected chi connectivity index (χ3v) is 4.11. The highest BCUT2D eigenvalue weighted by Crippen LogP contribution is 2.25. The lowest BCUT2D eigenvalue weighted by Crippen LogP contribution is -2.14. The van der Waals surface area contributed by atoms with Crippen LogP contribution in [0.2, 0.25) is 0 Å². The van der Waals surface area contributed by atoms with Gasteiger partial charge in [-0.15, -0.1) is 5.10 Å². The van der Waals surface area contributed by atoms with Crippen molar-refractivity contribution in [2.45, 2.75) is 0 Å². The second kappa shape index (κ2) is 5.10. The normalized spacial score (nSPS) is 11.4. The van der Waals surface area contributed by atoms with Crippen molar-refractivity contribution in [2.24, 2.45) is 0 Å². The van der Waals surface area contributed by atoms with Crippen LogP contribution in [0.25, 0.3) is 39.1 Å². The monoisotopic (exact) mass is 329 g/mol. The summed E-state index contributed by atoms with van der Waals surface area (Å²) in [5.41, 5.74) is 5.22. The molecule has 4 heterocycles. The van der Waals surface area contributed by atoms with Crippen LogP contribution in [0.3, 0.4) is 0 Å². The van der Waals surface area contributed by atoms with Crippen LogP contribution in [0.1, 0.15) is 0 Å². The number of H-pyrrole nitrogens is 2. The van der Waals surface area contributed by atoms with Crippen molar-refractivity contribution < 1.29 is 0 Å². The summed E-state index contributed by atoms with van der Waals surface area (Å²) in [4.78, 5) is 19.9. The van der Waals surface area contributed by atoms with Crippen molar-refractivity contribution in [3.05, 3.63) is 65.3 Å². The van der Waals surface area contributed by atoms with Gasteiger partial charge >= 0.3 is 0 Å². The Hall–Kier alpha value is -3.81. The molecular weight excluding hydrogens is 318 g/mol. The number of aromatic nitrogens is 7. The van der Waals surface area contributed by atoms with Gasteiger partial charge in [0.2, 0.25) is 0 Å². The third-order valence-electron chi connectivity index (χ3n) is 4.11. The molecule has 2 N–H and O–H groups in total. The summed E-state index contributed by atoms with van der Waals surface area (Å²) in [5, 5.41) is 14.8. The molecule has 0 saturated heterocycles. The van der Waals surface area contributed by atoms with E-state index in [0.717, 1.165) is 27.7 Å². The molecule has 0 radical (unpaired) electrons. The fraction of sp³-hybridized carbons (Fsp3) is 0. The molecule has 0 aliphatic carbocycles. The summed E-state index contributed by atoms with van der Waals surface area (Å²) in [6.07, 6.45) is 5.11. The van der Waals surface area contributed by atoms with Crippen LogP contribution in [0, 0.1) is 0 Å². The van der Waals surface area contributed by atoms with Crippen molar-refractivity contribution >= 4 is 16.7 Å². The minimum Gasteiger partial charge on any atom is -0.339 e. The predicted octanol–water partition coefficient (Wildman–Crippen LogP) is 2.02. The summed E-state index contributed by atoms with van der Waals surface area (Å²) in [5.74, 6) is 0. The lowest BCUT2D eigenvalue weighted by Gasteiger charge is -2.04. The number of hydrogen-bond donors (Lipinski definition) is 2. The van der Waals surface area contributed by atoms with Crippen LogP contribution in [-0.2, 0) is 0 Å². The van der Waals surface area contributed by atoms with E-state index in [1.54, 1.807) is 18.6 Å². The molecule has 5 aromatic rings. The van der Waals surface area contributed by atoms with Gasteiger partial charge in [0.1, 0.15) is 11.2 Å². The molecule has 8 heteroatoms. The highest BCUT2D eigenvalue weighted by molar-refractivity contribution is 5.82. The molecule has 25 heavy (non-hydrogen) atoms. The highest BCUT2D eigenvalue weighted by atomic mass is 16.1. The van der Waals surface area contributed by atoms with Crippen LogP contribution in [0.4, 0.5) is 0 Å². The Kier molecular flexibility index (Phi) is 2.78. The van der Waals surface area contributed by atoms with Crippen LogP contribution in [0.15, 0.2) is 59.8 Å². The summed E-state index contributed by atoms with van der Waals surface area (Å²) in [7, 11) is 0. The maximum Gasteiger partial charge on any atom is 0.274 e. The van der Waals surface area contributed by atoms with Crippen LogP contribution < -0.4 is 5.56 Å². The van der Waals surface area contributed by atoms with E-state index in [1.807, 2.05) is 30.3 Å². The van der Waals surface area contributed by atoms with Gasteiger partial charge in [-0.05, 0) is 18.2 Å². The Morgan fingerprint density at radius 2 is 2.00 bits per heavy atom. The van der Waals surface area contributed by atoms with E-state index in [9.17, 15) is 4.79 Å². The van der Waals surface area contributed by atoms with Crippen molar-refractivity contribution in [2.75, 3.05) is 0 Å². The fourth-order valence-electron chi connectivity index (χ4n) is 2.88. The van der Waals surface area contributed by atoms with Gasteiger partial charge in [0.15, 0.2) is 0 Å². The van der Waals surface area contributed by atoms with Gasteiger partial charge in [0.25, 0.3) is 5.56 Å². The second-order valence-corrected chi connectivity index (χ2v) is 5.63. The van der Waals surface area contributed by atoms with E-state index in [2.05, 4.69) is 30.5 Å². The molecule has 0 atom stereocenters. The Morgan fingerprint density at radius 3 is 2.88 bits per heavy atom. The molecule has 0 unspecified atom stereocenters. The average Bonchev–Trinajstić information content (AvgIpc) is 3.28. The van der Waals surface area contributed by atoms with E-state index >= 15 is 0 Å². The molecule has 0 bridgehead atoms. The smallest absolute Gasteiger partial charge is 0.274 e. The molecule has 5 rings (SSSR count). The van der Waals surface area contributed by atoms with Gasteiger partial charge in [-0.25, -0.2) is 0 Å². The SMILES string of the molecule is O=c1cc(-c2ccc3[nH]nnc3c2)[nH]c2c(-c3cccnc3)cnn12. The van der Waals surface area contributed by atoms with Gasteiger partial charge in [0.05, 0.1) is 17.4 Å². The number of pyridine rings is 1. The van der Waals surface area contributed by atoms with Crippen LogP contribution in [-0.4, -0.2) is 35.0 Å². The maximum absolute atomic E-state index is 12.5. The van der Waals surface area contributed by atoms with Gasteiger partial charge in [-0.2, -0.15) is 9.61 Å². The van der Waals surface area contributed by atoms with Gasteiger partial charge in [-0.1, -0.05) is 17.3 Å². The molecule has 120 valence electrons. The predicted molar refractivity (Wildman–Crippen MR) is 91.9 cm³/mol. The number of fused-ring (bicyclic) bond motifs is 2. The number of hydrogen-bond acceptors (Lipinski definition) is 5. The third kappa shape index (κ3) is 2.12. The summed E-state index contributed by atoms with van der Waals surface area (Å²) in [6.45, 7) is 0. The van der Waals surface area contributed by atoms with Crippen LogP contribution in [0.5, 0.6) is 0 Å². The molecule has 8 nitrogen and oxygen atoms in total. The largest absolute Gasteiger partial charge is 0.339 e. The van der Waals surface area contributed by atoms with E-state index < -0.39 is 0 Å². The number of nitrogens with zero attached hydrogens (tertiary/aromatic N) is 5. The van der Waals surface area contributed by atoms with Gasteiger partial charge in [-0.3, -0.25) is 14.9 Å². The Balaban J connectivity index is 1.75. The average molecular weight is 329 g/mol. The molecule has 0 amide bonds. The molecule has 0 aliphatic heterocycles. The minimum atomic E-state index is -0.209. The lowest BCUT2D eigenvalue weighted by molar-refractivity contribution is 0.901. The molecule has 0 fully saturated rings. The maximum atomic E-state index is 12.5. The van der Waals surface area contributed by atoms with E-state index in [-0.39, 0.29) is 5.56 Å². The van der Waals surface area contributed by atoms with E-state index in [0.29, 0.717) is 11.3 Å². The summed E-state index contributed by atoms with van der Waals surface area (Å²) in [6, 6.07) is 11.0. The minimum absolute atomic E-state index is 0.209. The molecule has 4 aromatic heterocycles. The van der Waals surface area contributed by atoms with Crippen molar-refractivity contribution in [3.8, 4) is 22.4 Å². The first-order valence-corrected chi connectivity index (χ1v) is 7.62. The Labute approximate surface area is 140 Å². The zero-order valence-corrected chi connectivity index (χ0v) is 12.8. The summed E-state index contributed by atoms with van der Waals surface area (Å²) >= 11 is 0. The number of aromatic amines is 2. The number of benzene rings is 1. The first-order valence-electron chi connectivity index (χ1n) is 7.62. The molecular formula is C17H11N7O. The van der Waals surface area contributed by atoms with Crippen molar-refractivity contribution in [1.29, 1.82) is 0 Å². The standard InChI is InChI=1S/C17H11N7O/c25-16-7-14(10-3-4-13-15(6-10)22-23-21-13)20-17-12(9-19-24(16)17)11-2-1-5-18-8-11/h1-9,20H,(H,21,22,23). The zero-order valence-electron chi connectivity index (χ0n) is 12.8. The lowest BCUT2D eigenvalue weighted by atomic mass is 10.1. The highest BCUT2D eigenvalue weighted by Gasteiger charge is 2.12. The second-order valence-electron chi connectivity index (χ2n) is 5.63. The van der Waals surface area contributed by atoms with Crippen molar-refractivity contribution in [3.63, 3.8) is 0 Å². The quantitative estimate of drug-likeness (QED) is 0.515. The number of nitrogens with one attached hydrogen (secondary N) is 2. The van der Waals surface area contributed by atoms with Gasteiger partial charge in [0, 0.05) is 35.2 Å². The molecule has 0 spiro atoms. The van der Waals surface area contributed by atoms with Crippen LogP contribution >= 0.6 is 0 Å². The van der Waals surface area contributed by atoms with Crippen molar-refractivity contribution in [1.82, 2.24) is 35.0 Å². The molecule has 1 aromatic carbocycles. The summed E-state index contributed by atoms with van der Waals surface area (Å²) < 4.78 is 1.35. The Bertz CT molecular complexity index is 1270. The fourth-order valence-corrected chi connectivity index (χ4v) is 2.88. The van der Waals surface area contributed by atoms with Gasteiger partial charge < -0.3 is 4.98 Å². The first kappa shape index (κ1) is 13.6. The Morgan fingerprint density at radius 1 is 1.04 bits per heavy atom. The molecule has 0 aliphatic rings.